The maximum Gasteiger partial charge on any atom is 0.329 e. The second-order valence-electron chi connectivity index (χ2n) is 10.2. The highest BCUT2D eigenvalue weighted by atomic mass is 16.5. The van der Waals surface area contributed by atoms with E-state index in [9.17, 15) is 19.5 Å². The largest absolute Gasteiger partial charge is 0.492 e. The van der Waals surface area contributed by atoms with Crippen LogP contribution in [0.4, 0.5) is 0 Å². The number of fused-ring (bicyclic) bond motifs is 1. The number of nitrogens with two attached hydrogens (primary N) is 1. The van der Waals surface area contributed by atoms with Crippen molar-refractivity contribution in [1.29, 1.82) is 0 Å². The van der Waals surface area contributed by atoms with E-state index in [2.05, 4.69) is 4.98 Å². The number of benzene rings is 2. The number of amides is 1. The number of carbonyl (C=O) groups is 1. The van der Waals surface area contributed by atoms with Gasteiger partial charge in [0.25, 0.3) is 11.5 Å². The summed E-state index contributed by atoms with van der Waals surface area (Å²) in [5.74, 6) is 0.513. The molecule has 2 aliphatic heterocycles. The minimum atomic E-state index is -1.33. The smallest absolute Gasteiger partial charge is 0.329 e. The van der Waals surface area contributed by atoms with E-state index in [1.807, 2.05) is 0 Å². The van der Waals surface area contributed by atoms with Crippen molar-refractivity contribution in [2.45, 2.75) is 43.4 Å². The van der Waals surface area contributed by atoms with E-state index < -0.39 is 28.5 Å². The Morgan fingerprint density at radius 2 is 1.95 bits per heavy atom. The number of likely N-dealkylation sites (tertiary alicyclic amines) is 1. The Morgan fingerprint density at radius 1 is 1.19 bits per heavy atom. The Balaban J connectivity index is 1.37. The van der Waals surface area contributed by atoms with Crippen molar-refractivity contribution in [2.75, 3.05) is 32.8 Å². The first-order valence-corrected chi connectivity index (χ1v) is 12.6. The summed E-state index contributed by atoms with van der Waals surface area (Å²) in [4.78, 5) is 42.7. The van der Waals surface area contributed by atoms with Gasteiger partial charge in [-0.1, -0.05) is 18.2 Å². The number of rotatable bonds is 5. The van der Waals surface area contributed by atoms with Crippen LogP contribution < -0.4 is 21.7 Å². The summed E-state index contributed by atoms with van der Waals surface area (Å²) in [6.07, 6.45) is 1.50. The summed E-state index contributed by atoms with van der Waals surface area (Å²) in [6.45, 7) is 3.40. The van der Waals surface area contributed by atoms with Gasteiger partial charge in [0, 0.05) is 31.6 Å². The third kappa shape index (κ3) is 4.79. The Hall–Kier alpha value is -3.47. The van der Waals surface area contributed by atoms with Crippen molar-refractivity contribution in [3.63, 3.8) is 0 Å². The van der Waals surface area contributed by atoms with E-state index in [1.165, 1.54) is 4.57 Å². The van der Waals surface area contributed by atoms with Crippen LogP contribution in [-0.4, -0.2) is 69.5 Å². The lowest BCUT2D eigenvalue weighted by Crippen LogP contribution is -2.59. The lowest BCUT2D eigenvalue weighted by atomic mass is 9.77. The highest BCUT2D eigenvalue weighted by Gasteiger charge is 2.50. The Kier molecular flexibility index (Phi) is 6.65. The van der Waals surface area contributed by atoms with Gasteiger partial charge in [0.2, 0.25) is 0 Å². The molecule has 2 atom stereocenters. The third-order valence-electron chi connectivity index (χ3n) is 7.54. The van der Waals surface area contributed by atoms with Crippen molar-refractivity contribution in [2.24, 2.45) is 5.73 Å². The molecule has 4 N–H and O–H groups in total. The van der Waals surface area contributed by atoms with Crippen LogP contribution in [-0.2, 0) is 4.74 Å². The SMILES string of the molecule is C[C@]1(O)COC2(CCN(C(=O)c3cccc(OCCN)c3)CC2)C[C@@H]1n1c(=O)[nH]c(=O)c2ccccc21. The minimum Gasteiger partial charge on any atom is -0.492 e. The number of piperidine rings is 1. The van der Waals surface area contributed by atoms with E-state index in [1.54, 1.807) is 60.4 Å². The first kappa shape index (κ1) is 25.2. The van der Waals surface area contributed by atoms with Crippen LogP contribution in [0.25, 0.3) is 10.9 Å². The summed E-state index contributed by atoms with van der Waals surface area (Å²) >= 11 is 0. The molecule has 1 spiro atoms. The van der Waals surface area contributed by atoms with E-state index >= 15 is 0 Å². The summed E-state index contributed by atoms with van der Waals surface area (Å²) < 4.78 is 13.3. The second-order valence-corrected chi connectivity index (χ2v) is 10.2. The van der Waals surface area contributed by atoms with E-state index in [-0.39, 0.29) is 12.5 Å². The Morgan fingerprint density at radius 3 is 2.70 bits per heavy atom. The average molecular weight is 509 g/mol. The van der Waals surface area contributed by atoms with Crippen LogP contribution in [0.1, 0.15) is 42.6 Å². The zero-order valence-corrected chi connectivity index (χ0v) is 20.8. The number of carbonyl (C=O) groups excluding carboxylic acids is 1. The first-order valence-electron chi connectivity index (χ1n) is 12.6. The highest BCUT2D eigenvalue weighted by Crippen LogP contribution is 2.44. The molecule has 3 heterocycles. The fraction of sp³-hybridized carbons (Fsp3) is 0.444. The predicted molar refractivity (Wildman–Crippen MR) is 138 cm³/mol. The molecule has 0 saturated carbocycles. The highest BCUT2D eigenvalue weighted by molar-refractivity contribution is 5.94. The molecule has 1 amide bonds. The molecule has 2 fully saturated rings. The topological polar surface area (TPSA) is 140 Å². The molecular formula is C27H32N4O6. The second kappa shape index (κ2) is 9.77. The fourth-order valence-electron chi connectivity index (χ4n) is 5.46. The van der Waals surface area contributed by atoms with Gasteiger partial charge >= 0.3 is 5.69 Å². The third-order valence-corrected chi connectivity index (χ3v) is 7.54. The van der Waals surface area contributed by atoms with Gasteiger partial charge in [-0.2, -0.15) is 0 Å². The molecule has 37 heavy (non-hydrogen) atoms. The molecule has 10 heteroatoms. The Bertz CT molecular complexity index is 1420. The number of aromatic nitrogens is 2. The van der Waals surface area contributed by atoms with Crippen molar-refractivity contribution < 1.29 is 19.4 Å². The van der Waals surface area contributed by atoms with Gasteiger partial charge in [0.15, 0.2) is 0 Å². The van der Waals surface area contributed by atoms with Crippen molar-refractivity contribution in [1.82, 2.24) is 14.5 Å². The quantitative estimate of drug-likeness (QED) is 0.473. The van der Waals surface area contributed by atoms with Crippen LogP contribution in [0.3, 0.4) is 0 Å². The number of hydrogen-bond acceptors (Lipinski definition) is 7. The van der Waals surface area contributed by atoms with Crippen LogP contribution in [0.15, 0.2) is 58.1 Å². The zero-order chi connectivity index (χ0) is 26.2. The van der Waals surface area contributed by atoms with Gasteiger partial charge < -0.3 is 25.2 Å². The molecule has 196 valence electrons. The fourth-order valence-corrected chi connectivity index (χ4v) is 5.46. The number of nitrogens with one attached hydrogen (secondary N) is 1. The standard InChI is InChI=1S/C27H32N4O6/c1-26(35)17-37-27(16-22(26)31-21-8-3-2-7-20(21)23(32)29-25(31)34)9-12-30(13-10-27)24(33)18-5-4-6-19(15-18)36-14-11-28/h2-8,15,22,35H,9-14,16-17,28H2,1H3,(H,29,32,34)/t22-,26-/m0/s1. The molecule has 5 rings (SSSR count). The van der Waals surface area contributed by atoms with Crippen molar-refractivity contribution in [3.8, 4) is 5.75 Å². The molecular weight excluding hydrogens is 476 g/mol. The molecule has 0 radical (unpaired) electrons. The van der Waals surface area contributed by atoms with Crippen LogP contribution in [0.5, 0.6) is 5.75 Å². The zero-order valence-electron chi connectivity index (χ0n) is 20.8. The Labute approximate surface area is 213 Å². The summed E-state index contributed by atoms with van der Waals surface area (Å²) in [5, 5.41) is 11.7. The van der Waals surface area contributed by atoms with Gasteiger partial charge in [-0.05, 0) is 50.1 Å². The summed E-state index contributed by atoms with van der Waals surface area (Å²) in [5.41, 5.74) is 3.57. The van der Waals surface area contributed by atoms with E-state index in [0.717, 1.165) is 0 Å². The molecule has 2 saturated heterocycles. The molecule has 2 aromatic carbocycles. The number of H-pyrrole nitrogens is 1. The number of nitrogens with zero attached hydrogens (tertiary/aromatic N) is 2. The predicted octanol–water partition coefficient (Wildman–Crippen LogP) is 1.41. The number of ether oxygens (including phenoxy) is 2. The van der Waals surface area contributed by atoms with E-state index in [4.69, 9.17) is 15.2 Å². The lowest BCUT2D eigenvalue weighted by Gasteiger charge is -2.51. The molecule has 3 aromatic rings. The minimum absolute atomic E-state index is 0.0338. The monoisotopic (exact) mass is 508 g/mol. The van der Waals surface area contributed by atoms with Gasteiger partial charge in [0.1, 0.15) is 18.0 Å². The van der Waals surface area contributed by atoms with Crippen LogP contribution >= 0.6 is 0 Å². The van der Waals surface area contributed by atoms with Crippen molar-refractivity contribution >= 4 is 16.8 Å². The normalized spacial score (nSPS) is 23.3. The molecule has 1 aromatic heterocycles. The summed E-state index contributed by atoms with van der Waals surface area (Å²) in [6, 6.07) is 13.3. The molecule has 2 aliphatic rings. The lowest BCUT2D eigenvalue weighted by molar-refractivity contribution is -0.199. The molecule has 0 aliphatic carbocycles. The van der Waals surface area contributed by atoms with Crippen LogP contribution in [0, 0.1) is 0 Å². The number of aliphatic hydroxyl groups is 1. The number of para-hydroxylation sites is 1. The van der Waals surface area contributed by atoms with Crippen molar-refractivity contribution in [3.05, 3.63) is 74.9 Å². The molecule has 0 unspecified atom stereocenters. The first-order chi connectivity index (χ1) is 17.7. The van der Waals surface area contributed by atoms with Gasteiger partial charge in [0.05, 0.1) is 29.2 Å². The van der Waals surface area contributed by atoms with Gasteiger partial charge in [-0.25, -0.2) is 4.79 Å². The van der Waals surface area contributed by atoms with Gasteiger partial charge in [-0.3, -0.25) is 19.1 Å². The number of aromatic amines is 1. The average Bonchev–Trinajstić information content (AvgIpc) is 2.90. The van der Waals surface area contributed by atoms with E-state index in [0.29, 0.717) is 67.7 Å². The molecule has 10 nitrogen and oxygen atoms in total. The maximum atomic E-state index is 13.2. The molecule has 0 bridgehead atoms. The maximum absolute atomic E-state index is 13.2. The van der Waals surface area contributed by atoms with Crippen LogP contribution in [0.2, 0.25) is 0 Å². The van der Waals surface area contributed by atoms with Gasteiger partial charge in [-0.15, -0.1) is 0 Å². The number of hydrogen-bond donors (Lipinski definition) is 3. The summed E-state index contributed by atoms with van der Waals surface area (Å²) in [7, 11) is 0.